The maximum atomic E-state index is 13.1. The molecule has 0 saturated heterocycles. The highest BCUT2D eigenvalue weighted by Crippen LogP contribution is 2.23. The van der Waals surface area contributed by atoms with E-state index < -0.39 is 0 Å². The largest absolute Gasteiger partial charge is 0.343 e. The Morgan fingerprint density at radius 3 is 2.60 bits per heavy atom. The molecule has 2 N–H and O–H groups in total. The molecule has 0 unspecified atom stereocenters. The van der Waals surface area contributed by atoms with Crippen molar-refractivity contribution in [2.75, 3.05) is 0 Å². The number of H-pyrrole nitrogens is 1. The van der Waals surface area contributed by atoms with Crippen molar-refractivity contribution in [3.63, 3.8) is 0 Å². The van der Waals surface area contributed by atoms with E-state index in [1.807, 2.05) is 54.0 Å². The lowest BCUT2D eigenvalue weighted by Crippen LogP contribution is -2.27. The molecule has 0 aliphatic rings. The summed E-state index contributed by atoms with van der Waals surface area (Å²) < 4.78 is 4.00. The quantitative estimate of drug-likeness (QED) is 0.437. The summed E-state index contributed by atoms with van der Waals surface area (Å²) in [6, 6.07) is 18.6. The second-order valence-electron chi connectivity index (χ2n) is 6.54. The van der Waals surface area contributed by atoms with Gasteiger partial charge in [0.05, 0.1) is 17.9 Å². The van der Waals surface area contributed by atoms with Crippen LogP contribution in [0, 0.1) is 4.77 Å². The van der Waals surface area contributed by atoms with Gasteiger partial charge in [-0.15, -0.1) is 0 Å². The Labute approximate surface area is 183 Å². The Hall–Kier alpha value is -3.23. The number of aromatic amines is 1. The molecular formula is C21H19ClN6OS. The van der Waals surface area contributed by atoms with Crippen LogP contribution in [0.2, 0.25) is 5.02 Å². The van der Waals surface area contributed by atoms with Gasteiger partial charge in [-0.2, -0.15) is 10.2 Å². The molecule has 4 aromatic rings. The maximum Gasteiger partial charge on any atom is 0.270 e. The Morgan fingerprint density at radius 2 is 1.90 bits per heavy atom. The molecule has 0 fully saturated rings. The highest BCUT2D eigenvalue weighted by Gasteiger charge is 2.18. The average Bonchev–Trinajstić information content (AvgIpc) is 3.37. The molecular weight excluding hydrogens is 420 g/mol. The molecule has 0 spiro atoms. The molecule has 2 heterocycles. The standard InChI is InChI=1S/C21H19ClN6OS/c1-2-27-19(24-25-21(27)30)13-23-20(29)18-12-17(14-8-10-15(22)11-9-14)26-28(18)16-6-4-3-5-7-16/h3-12H,2,13H2,1H3,(H,23,29)(H,25,30). The fourth-order valence-corrected chi connectivity index (χ4v) is 3.54. The first-order valence-corrected chi connectivity index (χ1v) is 10.2. The van der Waals surface area contributed by atoms with Crippen molar-refractivity contribution in [1.29, 1.82) is 0 Å². The van der Waals surface area contributed by atoms with E-state index in [0.717, 1.165) is 11.3 Å². The molecule has 7 nitrogen and oxygen atoms in total. The molecule has 0 saturated carbocycles. The number of para-hydroxylation sites is 1. The number of nitrogens with one attached hydrogen (secondary N) is 2. The monoisotopic (exact) mass is 438 g/mol. The van der Waals surface area contributed by atoms with E-state index in [1.165, 1.54) is 0 Å². The van der Waals surface area contributed by atoms with Crippen molar-refractivity contribution in [1.82, 2.24) is 29.9 Å². The van der Waals surface area contributed by atoms with Crippen molar-refractivity contribution in [2.24, 2.45) is 0 Å². The van der Waals surface area contributed by atoms with Gasteiger partial charge in [-0.25, -0.2) is 4.68 Å². The summed E-state index contributed by atoms with van der Waals surface area (Å²) in [6.45, 7) is 2.89. The van der Waals surface area contributed by atoms with E-state index in [-0.39, 0.29) is 12.5 Å². The number of amides is 1. The number of nitrogens with zero attached hydrogens (tertiary/aromatic N) is 4. The first-order chi connectivity index (χ1) is 14.6. The van der Waals surface area contributed by atoms with Gasteiger partial charge < -0.3 is 9.88 Å². The fourth-order valence-electron chi connectivity index (χ4n) is 3.13. The molecule has 0 aliphatic heterocycles. The topological polar surface area (TPSA) is 80.5 Å². The third kappa shape index (κ3) is 4.05. The van der Waals surface area contributed by atoms with E-state index >= 15 is 0 Å². The molecule has 0 bridgehead atoms. The SMILES string of the molecule is CCn1c(CNC(=O)c2cc(-c3ccc(Cl)cc3)nn2-c2ccccc2)n[nH]c1=S. The van der Waals surface area contributed by atoms with Crippen LogP contribution in [0.3, 0.4) is 0 Å². The molecule has 1 amide bonds. The molecule has 4 rings (SSSR count). The highest BCUT2D eigenvalue weighted by atomic mass is 35.5. The summed E-state index contributed by atoms with van der Waals surface area (Å²) in [7, 11) is 0. The van der Waals surface area contributed by atoms with Gasteiger partial charge in [0.25, 0.3) is 5.91 Å². The maximum absolute atomic E-state index is 13.1. The van der Waals surface area contributed by atoms with Crippen LogP contribution in [0.25, 0.3) is 16.9 Å². The van der Waals surface area contributed by atoms with Gasteiger partial charge in [0.1, 0.15) is 5.69 Å². The summed E-state index contributed by atoms with van der Waals surface area (Å²) in [5.74, 6) is 0.405. The van der Waals surface area contributed by atoms with Crippen LogP contribution in [0.15, 0.2) is 60.7 Å². The van der Waals surface area contributed by atoms with Gasteiger partial charge in [-0.3, -0.25) is 9.89 Å². The number of aromatic nitrogens is 5. The minimum Gasteiger partial charge on any atom is -0.343 e. The fraction of sp³-hybridized carbons (Fsp3) is 0.143. The first-order valence-electron chi connectivity index (χ1n) is 9.40. The molecule has 0 atom stereocenters. The van der Waals surface area contributed by atoms with Crippen molar-refractivity contribution in [3.8, 4) is 16.9 Å². The van der Waals surface area contributed by atoms with Gasteiger partial charge in [0.2, 0.25) is 0 Å². The third-order valence-electron chi connectivity index (χ3n) is 4.64. The number of hydrogen-bond acceptors (Lipinski definition) is 4. The minimum atomic E-state index is -0.261. The van der Waals surface area contributed by atoms with Crippen molar-refractivity contribution in [3.05, 3.63) is 82.0 Å². The minimum absolute atomic E-state index is 0.246. The number of carbonyl (C=O) groups excluding carboxylic acids is 1. The zero-order valence-corrected chi connectivity index (χ0v) is 17.7. The predicted octanol–water partition coefficient (Wildman–Crippen LogP) is 4.40. The summed E-state index contributed by atoms with van der Waals surface area (Å²) >= 11 is 11.2. The lowest BCUT2D eigenvalue weighted by atomic mass is 10.1. The van der Waals surface area contributed by atoms with Crippen LogP contribution < -0.4 is 5.32 Å². The van der Waals surface area contributed by atoms with Crippen molar-refractivity contribution < 1.29 is 4.79 Å². The van der Waals surface area contributed by atoms with Crippen LogP contribution in [-0.2, 0) is 13.1 Å². The lowest BCUT2D eigenvalue weighted by molar-refractivity contribution is 0.0941. The van der Waals surface area contributed by atoms with Crippen LogP contribution in [0.1, 0.15) is 23.2 Å². The van der Waals surface area contributed by atoms with Gasteiger partial charge in [-0.05, 0) is 49.5 Å². The van der Waals surface area contributed by atoms with Crippen molar-refractivity contribution in [2.45, 2.75) is 20.0 Å². The van der Waals surface area contributed by atoms with Gasteiger partial charge in [-0.1, -0.05) is 41.9 Å². The molecule has 152 valence electrons. The number of hydrogen-bond donors (Lipinski definition) is 2. The van der Waals surface area contributed by atoms with Crippen LogP contribution in [0.4, 0.5) is 0 Å². The molecule has 0 radical (unpaired) electrons. The van der Waals surface area contributed by atoms with Crippen LogP contribution in [0.5, 0.6) is 0 Å². The number of carbonyl (C=O) groups is 1. The molecule has 30 heavy (non-hydrogen) atoms. The molecule has 2 aromatic heterocycles. The van der Waals surface area contributed by atoms with E-state index in [2.05, 4.69) is 20.6 Å². The smallest absolute Gasteiger partial charge is 0.270 e. The van der Waals surface area contributed by atoms with E-state index in [1.54, 1.807) is 22.9 Å². The summed E-state index contributed by atoms with van der Waals surface area (Å²) in [5, 5.41) is 15.2. The number of rotatable bonds is 6. The summed E-state index contributed by atoms with van der Waals surface area (Å²) in [6.07, 6.45) is 0. The van der Waals surface area contributed by atoms with E-state index in [9.17, 15) is 4.79 Å². The zero-order chi connectivity index (χ0) is 21.1. The van der Waals surface area contributed by atoms with E-state index in [0.29, 0.717) is 33.6 Å². The second kappa shape index (κ2) is 8.64. The Kier molecular flexibility index (Phi) is 5.78. The number of halogens is 1. The molecule has 0 aliphatic carbocycles. The second-order valence-corrected chi connectivity index (χ2v) is 7.36. The normalized spacial score (nSPS) is 10.9. The Bertz CT molecular complexity index is 1230. The highest BCUT2D eigenvalue weighted by molar-refractivity contribution is 7.71. The predicted molar refractivity (Wildman–Crippen MR) is 118 cm³/mol. The van der Waals surface area contributed by atoms with Crippen LogP contribution in [-0.4, -0.2) is 30.5 Å². The Morgan fingerprint density at radius 1 is 1.17 bits per heavy atom. The van der Waals surface area contributed by atoms with Gasteiger partial charge in [0, 0.05) is 17.1 Å². The summed E-state index contributed by atoms with van der Waals surface area (Å²) in [5.41, 5.74) is 2.76. The molecule has 2 aromatic carbocycles. The van der Waals surface area contributed by atoms with Gasteiger partial charge >= 0.3 is 0 Å². The van der Waals surface area contributed by atoms with Gasteiger partial charge in [0.15, 0.2) is 10.6 Å². The number of benzene rings is 2. The average molecular weight is 439 g/mol. The third-order valence-corrected chi connectivity index (χ3v) is 5.21. The molecule has 9 heteroatoms. The first kappa shape index (κ1) is 20.1. The van der Waals surface area contributed by atoms with Crippen molar-refractivity contribution >= 4 is 29.7 Å². The Balaban J connectivity index is 1.67. The lowest BCUT2D eigenvalue weighted by Gasteiger charge is -2.08. The zero-order valence-electron chi connectivity index (χ0n) is 16.2. The van der Waals surface area contributed by atoms with E-state index in [4.69, 9.17) is 23.8 Å². The van der Waals surface area contributed by atoms with Crippen LogP contribution >= 0.6 is 23.8 Å². The summed E-state index contributed by atoms with van der Waals surface area (Å²) in [4.78, 5) is 13.1.